The van der Waals surface area contributed by atoms with Gasteiger partial charge in [0.15, 0.2) is 0 Å². The van der Waals surface area contributed by atoms with Crippen LogP contribution in [-0.2, 0) is 14.8 Å². The molecule has 0 aromatic heterocycles. The van der Waals surface area contributed by atoms with Gasteiger partial charge in [-0.25, -0.2) is 13.1 Å². The molecule has 1 aliphatic heterocycles. The Morgan fingerprint density at radius 1 is 1.22 bits per heavy atom. The maximum absolute atomic E-state index is 12.5. The lowest BCUT2D eigenvalue weighted by molar-refractivity contribution is -0.134. The molecule has 1 atom stereocenters. The van der Waals surface area contributed by atoms with E-state index in [-0.39, 0.29) is 24.4 Å². The van der Waals surface area contributed by atoms with Gasteiger partial charge in [-0.05, 0) is 49.9 Å². The molecule has 2 rings (SSSR count). The summed E-state index contributed by atoms with van der Waals surface area (Å²) in [5.74, 6) is -0.205. The molecule has 1 unspecified atom stereocenters. The molecule has 1 fully saturated rings. The van der Waals surface area contributed by atoms with Gasteiger partial charge in [0.05, 0.1) is 6.26 Å². The first-order chi connectivity index (χ1) is 12.8. The van der Waals surface area contributed by atoms with Crippen LogP contribution in [0.4, 0.5) is 0 Å². The molecule has 0 radical (unpaired) electrons. The molecule has 1 aromatic carbocycles. The van der Waals surface area contributed by atoms with Crippen molar-refractivity contribution in [2.45, 2.75) is 38.1 Å². The number of nitrogens with zero attached hydrogens (tertiary/aromatic N) is 1. The number of amides is 2. The lowest BCUT2D eigenvalue weighted by Gasteiger charge is -2.36. The summed E-state index contributed by atoms with van der Waals surface area (Å²) in [7, 11) is -3.28. The summed E-state index contributed by atoms with van der Waals surface area (Å²) in [5.41, 5.74) is 0.522. The van der Waals surface area contributed by atoms with Crippen molar-refractivity contribution in [1.29, 1.82) is 0 Å². The number of benzene rings is 1. The second-order valence-corrected chi connectivity index (χ2v) is 8.99. The van der Waals surface area contributed by atoms with Gasteiger partial charge in [0.2, 0.25) is 15.9 Å². The molecule has 7 nitrogen and oxygen atoms in total. The molecular weight excluding hydrogens is 390 g/mol. The molecule has 1 aliphatic rings. The normalized spacial score (nSPS) is 17.6. The molecule has 0 saturated carbocycles. The number of carbonyl (C=O) groups excluding carboxylic acids is 2. The SMILES string of the molecule is CS(=O)(=O)NCC1CCCCN1C(=O)CCCNC(=O)c1ccc(Cl)cc1. The first-order valence-electron chi connectivity index (χ1n) is 9.04. The number of likely N-dealkylation sites (tertiary alicyclic amines) is 1. The summed E-state index contributed by atoms with van der Waals surface area (Å²) in [6.07, 6.45) is 4.66. The summed E-state index contributed by atoms with van der Waals surface area (Å²) in [6, 6.07) is 6.50. The maximum Gasteiger partial charge on any atom is 0.251 e. The van der Waals surface area contributed by atoms with Crippen LogP contribution in [-0.4, -0.2) is 57.1 Å². The summed E-state index contributed by atoms with van der Waals surface area (Å²) < 4.78 is 25.1. The number of hydrogen-bond acceptors (Lipinski definition) is 4. The van der Waals surface area contributed by atoms with E-state index in [1.54, 1.807) is 29.2 Å². The Morgan fingerprint density at radius 2 is 1.93 bits per heavy atom. The van der Waals surface area contributed by atoms with Gasteiger partial charge in [-0.1, -0.05) is 11.6 Å². The van der Waals surface area contributed by atoms with Crippen LogP contribution in [0.3, 0.4) is 0 Å². The average molecular weight is 416 g/mol. The largest absolute Gasteiger partial charge is 0.352 e. The Bertz CT molecular complexity index is 752. The minimum absolute atomic E-state index is 0.00394. The number of carbonyl (C=O) groups is 2. The van der Waals surface area contributed by atoms with Crippen LogP contribution in [0.15, 0.2) is 24.3 Å². The van der Waals surface area contributed by atoms with Crippen LogP contribution >= 0.6 is 11.6 Å². The van der Waals surface area contributed by atoms with Crippen molar-refractivity contribution in [2.24, 2.45) is 0 Å². The van der Waals surface area contributed by atoms with E-state index in [4.69, 9.17) is 11.6 Å². The predicted molar refractivity (Wildman–Crippen MR) is 105 cm³/mol. The highest BCUT2D eigenvalue weighted by Crippen LogP contribution is 2.18. The second-order valence-electron chi connectivity index (χ2n) is 6.72. The van der Waals surface area contributed by atoms with Crippen molar-refractivity contribution in [2.75, 3.05) is 25.9 Å². The quantitative estimate of drug-likeness (QED) is 0.632. The van der Waals surface area contributed by atoms with Crippen molar-refractivity contribution < 1.29 is 18.0 Å². The summed E-state index contributed by atoms with van der Waals surface area (Å²) in [6.45, 7) is 1.29. The monoisotopic (exact) mass is 415 g/mol. The molecule has 1 aromatic rings. The average Bonchev–Trinajstić information content (AvgIpc) is 2.63. The highest BCUT2D eigenvalue weighted by molar-refractivity contribution is 7.88. The Kier molecular flexibility index (Phi) is 8.07. The standard InChI is InChI=1S/C18H26ClN3O4S/c1-27(25,26)21-13-16-5-2-3-12-22(16)17(23)6-4-11-20-18(24)14-7-9-15(19)10-8-14/h7-10,16,21H,2-6,11-13H2,1H3,(H,20,24). The zero-order chi connectivity index (χ0) is 19.9. The van der Waals surface area contributed by atoms with E-state index >= 15 is 0 Å². The van der Waals surface area contributed by atoms with Crippen molar-refractivity contribution >= 4 is 33.4 Å². The van der Waals surface area contributed by atoms with Crippen molar-refractivity contribution in [3.8, 4) is 0 Å². The lowest BCUT2D eigenvalue weighted by atomic mass is 10.0. The molecule has 1 heterocycles. The van der Waals surface area contributed by atoms with E-state index < -0.39 is 10.0 Å². The summed E-state index contributed by atoms with van der Waals surface area (Å²) >= 11 is 5.80. The van der Waals surface area contributed by atoms with Crippen LogP contribution in [0.2, 0.25) is 5.02 Å². The molecule has 2 amide bonds. The molecule has 0 bridgehead atoms. The van der Waals surface area contributed by atoms with Gasteiger partial charge >= 0.3 is 0 Å². The highest BCUT2D eigenvalue weighted by Gasteiger charge is 2.26. The van der Waals surface area contributed by atoms with E-state index in [9.17, 15) is 18.0 Å². The predicted octanol–water partition coefficient (Wildman–Crippen LogP) is 1.78. The first kappa shape index (κ1) is 21.7. The molecule has 0 aliphatic carbocycles. The number of piperidine rings is 1. The lowest BCUT2D eigenvalue weighted by Crippen LogP contribution is -2.49. The molecule has 2 N–H and O–H groups in total. The number of hydrogen-bond donors (Lipinski definition) is 2. The third-order valence-corrected chi connectivity index (χ3v) is 5.43. The fourth-order valence-electron chi connectivity index (χ4n) is 3.08. The Balaban J connectivity index is 1.76. The van der Waals surface area contributed by atoms with Crippen LogP contribution < -0.4 is 10.0 Å². The van der Waals surface area contributed by atoms with Gasteiger partial charge in [-0.2, -0.15) is 0 Å². The molecule has 27 heavy (non-hydrogen) atoms. The van der Waals surface area contributed by atoms with Gasteiger partial charge in [-0.15, -0.1) is 0 Å². The first-order valence-corrected chi connectivity index (χ1v) is 11.3. The van der Waals surface area contributed by atoms with Crippen LogP contribution in [0, 0.1) is 0 Å². The fraction of sp³-hybridized carbons (Fsp3) is 0.556. The third-order valence-electron chi connectivity index (χ3n) is 4.49. The number of rotatable bonds is 8. The third kappa shape index (κ3) is 7.48. The smallest absolute Gasteiger partial charge is 0.251 e. The summed E-state index contributed by atoms with van der Waals surface area (Å²) in [5, 5.41) is 3.36. The number of sulfonamides is 1. The van der Waals surface area contributed by atoms with Crippen molar-refractivity contribution in [1.82, 2.24) is 14.9 Å². The maximum atomic E-state index is 12.5. The van der Waals surface area contributed by atoms with Gasteiger partial charge in [0.25, 0.3) is 5.91 Å². The Morgan fingerprint density at radius 3 is 2.59 bits per heavy atom. The fourth-order valence-corrected chi connectivity index (χ4v) is 3.70. The van der Waals surface area contributed by atoms with Gasteiger partial charge < -0.3 is 10.2 Å². The summed E-state index contributed by atoms with van der Waals surface area (Å²) in [4.78, 5) is 26.3. The van der Waals surface area contributed by atoms with Crippen LogP contribution in [0.5, 0.6) is 0 Å². The zero-order valence-corrected chi connectivity index (χ0v) is 17.0. The van der Waals surface area contributed by atoms with Gasteiger partial charge in [-0.3, -0.25) is 9.59 Å². The number of halogens is 1. The second kappa shape index (κ2) is 10.1. The van der Waals surface area contributed by atoms with E-state index in [1.807, 2.05) is 0 Å². The number of nitrogens with one attached hydrogen (secondary N) is 2. The highest BCUT2D eigenvalue weighted by atomic mass is 35.5. The topological polar surface area (TPSA) is 95.6 Å². The Hall–Kier alpha value is -1.64. The van der Waals surface area contributed by atoms with Crippen molar-refractivity contribution in [3.63, 3.8) is 0 Å². The molecular formula is C18H26ClN3O4S. The zero-order valence-electron chi connectivity index (χ0n) is 15.4. The van der Waals surface area contributed by atoms with E-state index in [2.05, 4.69) is 10.0 Å². The molecule has 150 valence electrons. The Labute approximate surface area is 165 Å². The molecule has 9 heteroatoms. The van der Waals surface area contributed by atoms with E-state index in [0.29, 0.717) is 36.5 Å². The van der Waals surface area contributed by atoms with E-state index in [0.717, 1.165) is 25.5 Å². The minimum Gasteiger partial charge on any atom is -0.352 e. The van der Waals surface area contributed by atoms with Gasteiger partial charge in [0, 0.05) is 42.7 Å². The molecule has 1 saturated heterocycles. The van der Waals surface area contributed by atoms with E-state index in [1.165, 1.54) is 0 Å². The van der Waals surface area contributed by atoms with Crippen LogP contribution in [0.25, 0.3) is 0 Å². The van der Waals surface area contributed by atoms with Gasteiger partial charge in [0.1, 0.15) is 0 Å². The van der Waals surface area contributed by atoms with Crippen LogP contribution in [0.1, 0.15) is 42.5 Å². The molecule has 0 spiro atoms. The van der Waals surface area contributed by atoms with Crippen molar-refractivity contribution in [3.05, 3.63) is 34.9 Å². The minimum atomic E-state index is -3.28.